The highest BCUT2D eigenvalue weighted by Crippen LogP contribution is 2.32. The Morgan fingerprint density at radius 3 is 2.75 bits per heavy atom. The smallest absolute Gasteiger partial charge is 0.292 e. The summed E-state index contributed by atoms with van der Waals surface area (Å²) in [6.45, 7) is 3.19. The molecule has 0 aliphatic carbocycles. The second-order valence-electron chi connectivity index (χ2n) is 6.11. The highest BCUT2D eigenvalue weighted by Gasteiger charge is 2.32. The van der Waals surface area contributed by atoms with Crippen LogP contribution in [-0.4, -0.2) is 55.1 Å². The largest absolute Gasteiger partial charge is 0.378 e. The monoisotopic (exact) mass is 337 g/mol. The number of hydrogen-bond donors (Lipinski definition) is 0. The molecule has 2 heterocycles. The fourth-order valence-corrected chi connectivity index (χ4v) is 3.34. The lowest BCUT2D eigenvalue weighted by atomic mass is 9.95. The molecule has 1 atom stereocenters. The van der Waals surface area contributed by atoms with E-state index in [1.165, 1.54) is 12.1 Å². The summed E-state index contributed by atoms with van der Waals surface area (Å²) >= 11 is 0. The number of carbonyl (C=O) groups excluding carboxylic acids is 1. The van der Waals surface area contributed by atoms with E-state index in [9.17, 15) is 19.3 Å². The summed E-state index contributed by atoms with van der Waals surface area (Å²) in [6.07, 6.45) is 1.49. The van der Waals surface area contributed by atoms with Crippen LogP contribution in [0.3, 0.4) is 0 Å². The van der Waals surface area contributed by atoms with E-state index in [1.54, 1.807) is 9.80 Å². The van der Waals surface area contributed by atoms with Gasteiger partial charge in [-0.2, -0.15) is 0 Å². The molecule has 0 aromatic heterocycles. The maximum Gasteiger partial charge on any atom is 0.292 e. The number of nitro benzene ring substituents is 1. The van der Waals surface area contributed by atoms with E-state index >= 15 is 0 Å². The number of rotatable bonds is 3. The van der Waals surface area contributed by atoms with Crippen LogP contribution in [-0.2, 0) is 9.53 Å². The molecule has 1 amide bonds. The predicted octanol–water partition coefficient (Wildman–Crippen LogP) is 1.81. The molecule has 2 fully saturated rings. The van der Waals surface area contributed by atoms with Crippen molar-refractivity contribution in [1.82, 2.24) is 4.90 Å². The van der Waals surface area contributed by atoms with Crippen molar-refractivity contribution >= 4 is 17.3 Å². The van der Waals surface area contributed by atoms with Crippen LogP contribution in [0.1, 0.15) is 12.8 Å². The van der Waals surface area contributed by atoms with Gasteiger partial charge in [0.15, 0.2) is 0 Å². The van der Waals surface area contributed by atoms with Crippen molar-refractivity contribution in [1.29, 1.82) is 0 Å². The van der Waals surface area contributed by atoms with Gasteiger partial charge >= 0.3 is 0 Å². The molecule has 2 aliphatic rings. The Morgan fingerprint density at radius 1 is 1.29 bits per heavy atom. The predicted molar refractivity (Wildman–Crippen MR) is 85.4 cm³/mol. The maximum absolute atomic E-state index is 13.6. The molecule has 2 saturated heterocycles. The molecule has 24 heavy (non-hydrogen) atoms. The van der Waals surface area contributed by atoms with Gasteiger partial charge in [0.05, 0.1) is 24.1 Å². The van der Waals surface area contributed by atoms with Crippen LogP contribution in [0.4, 0.5) is 15.8 Å². The first kappa shape index (κ1) is 16.6. The summed E-state index contributed by atoms with van der Waals surface area (Å²) in [4.78, 5) is 26.9. The van der Waals surface area contributed by atoms with Gasteiger partial charge in [0.25, 0.3) is 5.69 Å². The van der Waals surface area contributed by atoms with Crippen molar-refractivity contribution in [3.05, 3.63) is 34.1 Å². The molecule has 1 aromatic carbocycles. The number of hydrogen-bond acceptors (Lipinski definition) is 5. The normalized spacial score (nSPS) is 21.6. The summed E-state index contributed by atoms with van der Waals surface area (Å²) in [5.41, 5.74) is 0.121. The second-order valence-corrected chi connectivity index (χ2v) is 6.11. The molecule has 1 aromatic rings. The van der Waals surface area contributed by atoms with Crippen LogP contribution < -0.4 is 4.90 Å². The molecule has 0 spiro atoms. The molecule has 2 aliphatic heterocycles. The first-order valence-corrected chi connectivity index (χ1v) is 8.11. The first-order chi connectivity index (χ1) is 11.6. The highest BCUT2D eigenvalue weighted by atomic mass is 19.1. The quantitative estimate of drug-likeness (QED) is 0.621. The van der Waals surface area contributed by atoms with Crippen molar-refractivity contribution in [2.45, 2.75) is 12.8 Å². The standard InChI is InChI=1S/C16H20FN3O4/c17-13-3-4-14(20(22)23)15(10-13)19-5-1-2-12(11-19)16(21)18-6-8-24-9-7-18/h3-4,10,12H,1-2,5-9,11H2. The SMILES string of the molecule is O=C(C1CCCN(c2cc(F)ccc2[N+](=O)[O-])C1)N1CCOCC1. The van der Waals surface area contributed by atoms with Crippen LogP contribution in [0.2, 0.25) is 0 Å². The van der Waals surface area contributed by atoms with Crippen LogP contribution in [0.15, 0.2) is 18.2 Å². The number of piperidine rings is 1. The van der Waals surface area contributed by atoms with E-state index in [-0.39, 0.29) is 23.2 Å². The lowest BCUT2D eigenvalue weighted by molar-refractivity contribution is -0.384. The summed E-state index contributed by atoms with van der Waals surface area (Å²) < 4.78 is 18.8. The van der Waals surface area contributed by atoms with Crippen LogP contribution >= 0.6 is 0 Å². The topological polar surface area (TPSA) is 75.9 Å². The Labute approximate surface area is 139 Å². The van der Waals surface area contributed by atoms with Gasteiger partial charge in [0.2, 0.25) is 5.91 Å². The number of amides is 1. The molecule has 0 N–H and O–H groups in total. The number of nitro groups is 1. The van der Waals surface area contributed by atoms with Crippen molar-refractivity contribution in [2.24, 2.45) is 5.92 Å². The minimum Gasteiger partial charge on any atom is -0.378 e. The van der Waals surface area contributed by atoms with E-state index in [0.717, 1.165) is 18.9 Å². The third-order valence-corrected chi connectivity index (χ3v) is 4.57. The second kappa shape index (κ2) is 7.12. The van der Waals surface area contributed by atoms with Gasteiger partial charge < -0.3 is 14.5 Å². The summed E-state index contributed by atoms with van der Waals surface area (Å²) in [5, 5.41) is 11.2. The van der Waals surface area contributed by atoms with Gasteiger partial charge in [-0.1, -0.05) is 0 Å². The van der Waals surface area contributed by atoms with E-state index in [4.69, 9.17) is 4.74 Å². The summed E-state index contributed by atoms with van der Waals surface area (Å²) in [5.74, 6) is -0.681. The van der Waals surface area contributed by atoms with Gasteiger partial charge in [0, 0.05) is 38.3 Å². The lowest BCUT2D eigenvalue weighted by Gasteiger charge is -2.37. The average Bonchev–Trinajstić information content (AvgIpc) is 2.61. The molecule has 0 radical (unpaired) electrons. The Morgan fingerprint density at radius 2 is 2.04 bits per heavy atom. The zero-order valence-corrected chi connectivity index (χ0v) is 13.3. The Hall–Kier alpha value is -2.22. The van der Waals surface area contributed by atoms with Crippen LogP contribution in [0.25, 0.3) is 0 Å². The summed E-state index contributed by atoms with van der Waals surface area (Å²) in [6, 6.07) is 3.44. The van der Waals surface area contributed by atoms with Gasteiger partial charge in [-0.15, -0.1) is 0 Å². The van der Waals surface area contributed by atoms with Crippen molar-refractivity contribution in [3.8, 4) is 0 Å². The molecule has 3 rings (SSSR count). The number of carbonyl (C=O) groups is 1. The number of nitrogens with zero attached hydrogens (tertiary/aromatic N) is 3. The maximum atomic E-state index is 13.6. The molecule has 1 unspecified atom stereocenters. The summed E-state index contributed by atoms with van der Waals surface area (Å²) in [7, 11) is 0. The van der Waals surface area contributed by atoms with Crippen LogP contribution in [0.5, 0.6) is 0 Å². The van der Waals surface area contributed by atoms with Gasteiger partial charge in [0.1, 0.15) is 11.5 Å². The Bertz CT molecular complexity index is 634. The van der Waals surface area contributed by atoms with Crippen molar-refractivity contribution in [3.63, 3.8) is 0 Å². The number of benzene rings is 1. The van der Waals surface area contributed by atoms with Gasteiger partial charge in [-0.05, 0) is 18.9 Å². The molecular formula is C16H20FN3O4. The zero-order chi connectivity index (χ0) is 17.1. The third kappa shape index (κ3) is 3.48. The minimum atomic E-state index is -0.516. The molecule has 8 heteroatoms. The first-order valence-electron chi connectivity index (χ1n) is 8.11. The zero-order valence-electron chi connectivity index (χ0n) is 13.3. The molecule has 7 nitrogen and oxygen atoms in total. The molecule has 130 valence electrons. The number of ether oxygens (including phenoxy) is 1. The third-order valence-electron chi connectivity index (χ3n) is 4.57. The fraction of sp³-hybridized carbons (Fsp3) is 0.562. The van der Waals surface area contributed by atoms with E-state index < -0.39 is 10.7 Å². The van der Waals surface area contributed by atoms with E-state index in [0.29, 0.717) is 39.4 Å². The Kier molecular flexibility index (Phi) is 4.94. The highest BCUT2D eigenvalue weighted by molar-refractivity contribution is 5.80. The van der Waals surface area contributed by atoms with Crippen LogP contribution in [0, 0.1) is 21.8 Å². The average molecular weight is 337 g/mol. The van der Waals surface area contributed by atoms with Gasteiger partial charge in [-0.3, -0.25) is 14.9 Å². The minimum absolute atomic E-state index is 0.0575. The van der Waals surface area contributed by atoms with Crippen molar-refractivity contribution in [2.75, 3.05) is 44.3 Å². The van der Waals surface area contributed by atoms with Gasteiger partial charge in [-0.25, -0.2) is 4.39 Å². The fourth-order valence-electron chi connectivity index (χ4n) is 3.34. The number of morpholine rings is 1. The van der Waals surface area contributed by atoms with E-state index in [2.05, 4.69) is 0 Å². The number of anilines is 1. The molecule has 0 saturated carbocycles. The number of halogens is 1. The molecular weight excluding hydrogens is 317 g/mol. The van der Waals surface area contributed by atoms with Crippen molar-refractivity contribution < 1.29 is 18.8 Å². The lowest BCUT2D eigenvalue weighted by Crippen LogP contribution is -2.48. The molecule has 0 bridgehead atoms. The van der Waals surface area contributed by atoms with E-state index in [1.807, 2.05) is 0 Å². The Balaban J connectivity index is 1.77.